The summed E-state index contributed by atoms with van der Waals surface area (Å²) in [4.78, 5) is 12.6. The van der Waals surface area contributed by atoms with E-state index in [0.29, 0.717) is 11.3 Å². The van der Waals surface area contributed by atoms with Crippen LogP contribution in [0, 0.1) is 6.92 Å². The number of sulfone groups is 1. The molecule has 0 aliphatic rings. The number of para-hydroxylation sites is 1. The van der Waals surface area contributed by atoms with Gasteiger partial charge in [-0.25, -0.2) is 8.42 Å². The summed E-state index contributed by atoms with van der Waals surface area (Å²) in [7, 11) is -3.28. The Morgan fingerprint density at radius 3 is 2.32 bits per heavy atom. The summed E-state index contributed by atoms with van der Waals surface area (Å²) < 4.78 is 28.8. The number of carbonyl (C=O) groups excluding carboxylic acids is 1. The van der Waals surface area contributed by atoms with Crippen LogP contribution in [0.4, 0.5) is 0 Å². The highest BCUT2D eigenvalue weighted by Crippen LogP contribution is 2.29. The van der Waals surface area contributed by atoms with E-state index in [0.717, 1.165) is 22.8 Å². The Morgan fingerprint density at radius 1 is 1.08 bits per heavy atom. The van der Waals surface area contributed by atoms with Crippen molar-refractivity contribution in [3.63, 3.8) is 0 Å². The van der Waals surface area contributed by atoms with Gasteiger partial charge >= 0.3 is 0 Å². The number of carbonyl (C=O) groups is 1. The van der Waals surface area contributed by atoms with Gasteiger partial charge in [0.05, 0.1) is 10.9 Å². The van der Waals surface area contributed by atoms with Crippen LogP contribution < -0.4 is 5.32 Å². The fourth-order valence-electron chi connectivity index (χ4n) is 2.81. The van der Waals surface area contributed by atoms with Crippen molar-refractivity contribution in [2.24, 2.45) is 0 Å². The molecule has 0 bridgehead atoms. The second-order valence-electron chi connectivity index (χ2n) is 6.08. The predicted octanol–water partition coefficient (Wildman–Crippen LogP) is 3.64. The third kappa shape index (κ3) is 3.44. The molecule has 6 heteroatoms. The lowest BCUT2D eigenvalue weighted by Crippen LogP contribution is -2.26. The molecule has 1 amide bonds. The third-order valence-electron chi connectivity index (χ3n) is 4.17. The number of hydrogen-bond acceptors (Lipinski definition) is 4. The Balaban J connectivity index is 1.81. The summed E-state index contributed by atoms with van der Waals surface area (Å²) in [6, 6.07) is 13.3. The first-order chi connectivity index (χ1) is 11.8. The number of aryl methyl sites for hydroxylation is 1. The van der Waals surface area contributed by atoms with Gasteiger partial charge in [-0.1, -0.05) is 18.2 Å². The molecule has 0 spiro atoms. The molecule has 0 fully saturated rings. The van der Waals surface area contributed by atoms with Gasteiger partial charge in [0.25, 0.3) is 5.91 Å². The molecule has 3 aromatic rings. The highest BCUT2D eigenvalue weighted by molar-refractivity contribution is 7.90. The smallest absolute Gasteiger partial charge is 0.251 e. The van der Waals surface area contributed by atoms with Crippen molar-refractivity contribution >= 4 is 26.7 Å². The third-order valence-corrected chi connectivity index (χ3v) is 5.29. The van der Waals surface area contributed by atoms with Crippen molar-refractivity contribution in [3.05, 3.63) is 65.4 Å². The molecule has 3 rings (SSSR count). The fourth-order valence-corrected chi connectivity index (χ4v) is 3.44. The first-order valence-electron chi connectivity index (χ1n) is 7.86. The van der Waals surface area contributed by atoms with Gasteiger partial charge in [0, 0.05) is 22.8 Å². The molecule has 0 saturated heterocycles. The normalized spacial score (nSPS) is 12.9. The number of furan rings is 1. The maximum absolute atomic E-state index is 12.4. The molecular weight excluding hydrogens is 338 g/mol. The maximum atomic E-state index is 12.4. The van der Waals surface area contributed by atoms with E-state index in [-0.39, 0.29) is 16.8 Å². The van der Waals surface area contributed by atoms with Gasteiger partial charge in [-0.15, -0.1) is 0 Å². The molecule has 0 aliphatic heterocycles. The van der Waals surface area contributed by atoms with Crippen LogP contribution in [0.2, 0.25) is 0 Å². The molecule has 1 atom stereocenters. The van der Waals surface area contributed by atoms with Gasteiger partial charge in [-0.05, 0) is 44.2 Å². The van der Waals surface area contributed by atoms with Crippen LogP contribution in [-0.2, 0) is 9.84 Å². The molecule has 1 aromatic heterocycles. The summed E-state index contributed by atoms with van der Waals surface area (Å²) in [6.07, 6.45) is 1.13. The lowest BCUT2D eigenvalue weighted by atomic mass is 10.1. The number of nitrogens with one attached hydrogen (secondary N) is 1. The van der Waals surface area contributed by atoms with E-state index < -0.39 is 9.84 Å². The monoisotopic (exact) mass is 357 g/mol. The highest BCUT2D eigenvalue weighted by Gasteiger charge is 2.19. The van der Waals surface area contributed by atoms with Gasteiger partial charge in [-0.3, -0.25) is 4.79 Å². The number of rotatable bonds is 4. The Hall–Kier alpha value is -2.60. The van der Waals surface area contributed by atoms with Crippen LogP contribution in [0.3, 0.4) is 0 Å². The summed E-state index contributed by atoms with van der Waals surface area (Å²) in [5, 5.41) is 3.91. The zero-order valence-corrected chi connectivity index (χ0v) is 15.1. The minimum absolute atomic E-state index is 0.185. The van der Waals surface area contributed by atoms with Gasteiger partial charge in [0.2, 0.25) is 0 Å². The van der Waals surface area contributed by atoms with Crippen molar-refractivity contribution in [2.45, 2.75) is 24.8 Å². The minimum atomic E-state index is -3.28. The average Bonchev–Trinajstić information content (AvgIpc) is 2.91. The summed E-state index contributed by atoms with van der Waals surface area (Å²) in [5.74, 6) is 0.426. The zero-order valence-electron chi connectivity index (χ0n) is 14.2. The number of fused-ring (bicyclic) bond motifs is 1. The standard InChI is InChI=1S/C19H19NO4S/c1-12-16-6-4-5-7-17(16)24-18(12)13(2)20-19(21)14-8-10-15(11-9-14)25(3,22)23/h4-11,13H,1-3H3,(H,20,21). The first-order valence-corrected chi connectivity index (χ1v) is 9.75. The zero-order chi connectivity index (χ0) is 18.2. The van der Waals surface area contributed by atoms with E-state index in [1.807, 2.05) is 38.1 Å². The van der Waals surface area contributed by atoms with Crippen molar-refractivity contribution in [1.29, 1.82) is 0 Å². The van der Waals surface area contributed by atoms with Crippen LogP contribution in [0.15, 0.2) is 57.8 Å². The van der Waals surface area contributed by atoms with Crippen LogP contribution in [0.25, 0.3) is 11.0 Å². The number of benzene rings is 2. The second kappa shape index (κ2) is 6.37. The molecule has 0 radical (unpaired) electrons. The van der Waals surface area contributed by atoms with Crippen LogP contribution in [-0.4, -0.2) is 20.6 Å². The van der Waals surface area contributed by atoms with Crippen molar-refractivity contribution in [2.75, 3.05) is 6.26 Å². The van der Waals surface area contributed by atoms with Gasteiger partial charge in [0.1, 0.15) is 11.3 Å². The molecule has 1 N–H and O–H groups in total. The van der Waals surface area contributed by atoms with Crippen molar-refractivity contribution < 1.29 is 17.6 Å². The molecule has 2 aromatic carbocycles. The Kier molecular flexibility index (Phi) is 4.39. The van der Waals surface area contributed by atoms with E-state index in [4.69, 9.17) is 4.42 Å². The van der Waals surface area contributed by atoms with Crippen molar-refractivity contribution in [1.82, 2.24) is 5.32 Å². The lowest BCUT2D eigenvalue weighted by molar-refractivity contribution is 0.0935. The van der Waals surface area contributed by atoms with E-state index in [9.17, 15) is 13.2 Å². The Morgan fingerprint density at radius 2 is 1.72 bits per heavy atom. The predicted molar refractivity (Wildman–Crippen MR) is 96.4 cm³/mol. The summed E-state index contributed by atoms with van der Waals surface area (Å²) in [5.41, 5.74) is 2.18. The lowest BCUT2D eigenvalue weighted by Gasteiger charge is -2.13. The molecule has 0 aliphatic carbocycles. The van der Waals surface area contributed by atoms with E-state index in [1.54, 1.807) is 0 Å². The summed E-state index contributed by atoms with van der Waals surface area (Å²) in [6.45, 7) is 3.82. The largest absolute Gasteiger partial charge is 0.459 e. The van der Waals surface area contributed by atoms with Crippen LogP contribution in [0.5, 0.6) is 0 Å². The number of hydrogen-bond donors (Lipinski definition) is 1. The first kappa shape index (κ1) is 17.2. The highest BCUT2D eigenvalue weighted by atomic mass is 32.2. The second-order valence-corrected chi connectivity index (χ2v) is 8.09. The Labute approximate surface area is 146 Å². The topological polar surface area (TPSA) is 76.4 Å². The molecular formula is C19H19NO4S. The van der Waals surface area contributed by atoms with Gasteiger partial charge in [-0.2, -0.15) is 0 Å². The molecule has 1 heterocycles. The molecule has 1 unspecified atom stereocenters. The molecule has 5 nitrogen and oxygen atoms in total. The molecule has 0 saturated carbocycles. The number of amides is 1. The van der Waals surface area contributed by atoms with Crippen LogP contribution in [0.1, 0.15) is 34.6 Å². The Bertz CT molecular complexity index is 1030. The van der Waals surface area contributed by atoms with E-state index in [2.05, 4.69) is 5.32 Å². The van der Waals surface area contributed by atoms with E-state index >= 15 is 0 Å². The molecule has 130 valence electrons. The van der Waals surface area contributed by atoms with Crippen LogP contribution >= 0.6 is 0 Å². The SMILES string of the molecule is Cc1c(C(C)NC(=O)c2ccc(S(C)(=O)=O)cc2)oc2ccccc12. The molecule has 25 heavy (non-hydrogen) atoms. The average molecular weight is 357 g/mol. The fraction of sp³-hybridized carbons (Fsp3) is 0.211. The quantitative estimate of drug-likeness (QED) is 0.773. The van der Waals surface area contributed by atoms with E-state index in [1.165, 1.54) is 24.3 Å². The maximum Gasteiger partial charge on any atom is 0.251 e. The van der Waals surface area contributed by atoms with Gasteiger partial charge in [0.15, 0.2) is 9.84 Å². The minimum Gasteiger partial charge on any atom is -0.459 e. The van der Waals surface area contributed by atoms with Gasteiger partial charge < -0.3 is 9.73 Å². The van der Waals surface area contributed by atoms with Crippen molar-refractivity contribution in [3.8, 4) is 0 Å². The summed E-state index contributed by atoms with van der Waals surface area (Å²) >= 11 is 0.